The van der Waals surface area contributed by atoms with Gasteiger partial charge in [0.25, 0.3) is 0 Å². The van der Waals surface area contributed by atoms with E-state index in [1.54, 1.807) is 30.3 Å². The first kappa shape index (κ1) is 25.4. The number of halogens is 1. The number of benzene rings is 2. The van der Waals surface area contributed by atoms with Crippen LogP contribution in [0.1, 0.15) is 26.2 Å². The van der Waals surface area contributed by atoms with Crippen molar-refractivity contribution in [3.63, 3.8) is 0 Å². The van der Waals surface area contributed by atoms with Crippen molar-refractivity contribution in [2.24, 2.45) is 0 Å². The highest BCUT2D eigenvalue weighted by molar-refractivity contribution is 8.00. The molecule has 0 aliphatic carbocycles. The van der Waals surface area contributed by atoms with Crippen molar-refractivity contribution in [3.05, 3.63) is 41.4 Å². The maximum Gasteiger partial charge on any atom is 0.303 e. The summed E-state index contributed by atoms with van der Waals surface area (Å²) in [4.78, 5) is 36.2. The van der Waals surface area contributed by atoms with Crippen molar-refractivity contribution in [2.45, 2.75) is 36.3 Å². The fraction of sp³-hybridized carbons (Fsp3) is 0.318. The number of carbonyl (C=O) groups excluding carboxylic acids is 2. The van der Waals surface area contributed by atoms with E-state index in [-0.39, 0.29) is 24.7 Å². The maximum absolute atomic E-state index is 12.9. The minimum atomic E-state index is -1.03. The van der Waals surface area contributed by atoms with Crippen LogP contribution in [0.25, 0.3) is 0 Å². The molecule has 2 amide bonds. The summed E-state index contributed by atoms with van der Waals surface area (Å²) in [7, 11) is 2.98. The van der Waals surface area contributed by atoms with E-state index in [0.29, 0.717) is 34.3 Å². The van der Waals surface area contributed by atoms with Crippen molar-refractivity contribution in [2.75, 3.05) is 24.9 Å². The van der Waals surface area contributed by atoms with Gasteiger partial charge >= 0.3 is 5.97 Å². The van der Waals surface area contributed by atoms with Crippen LogP contribution in [-0.4, -0.2) is 42.4 Å². The molecule has 2 aromatic rings. The lowest BCUT2D eigenvalue weighted by Gasteiger charge is -2.18. The zero-order valence-electron chi connectivity index (χ0n) is 17.9. The van der Waals surface area contributed by atoms with Crippen molar-refractivity contribution in [1.82, 2.24) is 0 Å². The molecule has 1 atom stereocenters. The molecule has 0 heterocycles. The van der Waals surface area contributed by atoms with E-state index in [9.17, 15) is 14.4 Å². The zero-order chi connectivity index (χ0) is 23.7. The van der Waals surface area contributed by atoms with Crippen molar-refractivity contribution in [3.8, 4) is 11.5 Å². The molecule has 172 valence electrons. The number of hydrogen-bond donors (Lipinski definition) is 3. The predicted octanol–water partition coefficient (Wildman–Crippen LogP) is 4.67. The van der Waals surface area contributed by atoms with Gasteiger partial charge in [0.15, 0.2) is 0 Å². The first-order valence-corrected chi connectivity index (χ1v) is 11.0. The molecule has 0 aliphatic heterocycles. The molecule has 0 saturated carbocycles. The molecular formula is C22H25ClN2O6S. The quantitative estimate of drug-likeness (QED) is 0.400. The van der Waals surface area contributed by atoms with Gasteiger partial charge < -0.3 is 25.2 Å². The predicted molar refractivity (Wildman–Crippen MR) is 125 cm³/mol. The van der Waals surface area contributed by atoms with E-state index in [1.165, 1.54) is 26.0 Å². The molecule has 0 saturated heterocycles. The number of carbonyl (C=O) groups is 3. The largest absolute Gasteiger partial charge is 0.495 e. The van der Waals surface area contributed by atoms with E-state index >= 15 is 0 Å². The Hall–Kier alpha value is -2.91. The third kappa shape index (κ3) is 7.35. The van der Waals surface area contributed by atoms with Gasteiger partial charge in [0.1, 0.15) is 11.5 Å². The highest BCUT2D eigenvalue weighted by Gasteiger charge is 2.21. The number of carboxylic acids is 1. The minimum Gasteiger partial charge on any atom is -0.495 e. The van der Waals surface area contributed by atoms with Crippen LogP contribution in [0.5, 0.6) is 11.5 Å². The first-order chi connectivity index (χ1) is 15.3. The summed E-state index contributed by atoms with van der Waals surface area (Å²) < 4.78 is 10.5. The van der Waals surface area contributed by atoms with Crippen LogP contribution in [0, 0.1) is 0 Å². The van der Waals surface area contributed by atoms with Crippen LogP contribution >= 0.6 is 23.4 Å². The molecule has 10 heteroatoms. The lowest BCUT2D eigenvalue weighted by molar-refractivity contribution is -0.138. The summed E-state index contributed by atoms with van der Waals surface area (Å²) in [6.45, 7) is 1.90. The number of anilines is 2. The summed E-state index contributed by atoms with van der Waals surface area (Å²) in [5.74, 6) is -0.789. The second kappa shape index (κ2) is 12.2. The van der Waals surface area contributed by atoms with Gasteiger partial charge in [-0.3, -0.25) is 14.4 Å². The van der Waals surface area contributed by atoms with Gasteiger partial charge in [-0.15, -0.1) is 11.8 Å². The molecular weight excluding hydrogens is 456 g/mol. The Bertz CT molecular complexity index is 985. The second-order valence-corrected chi connectivity index (χ2v) is 8.34. The van der Waals surface area contributed by atoms with Crippen LogP contribution in [0.4, 0.5) is 11.4 Å². The lowest BCUT2D eigenvalue weighted by atomic mass is 10.2. The summed E-state index contributed by atoms with van der Waals surface area (Å²) in [6.07, 6.45) is 0.202. The van der Waals surface area contributed by atoms with Crippen molar-refractivity contribution < 1.29 is 29.0 Å². The average Bonchev–Trinajstić information content (AvgIpc) is 2.76. The molecule has 3 N–H and O–H groups in total. The van der Waals surface area contributed by atoms with Gasteiger partial charge in [0.05, 0.1) is 36.6 Å². The smallest absolute Gasteiger partial charge is 0.303 e. The van der Waals surface area contributed by atoms with E-state index in [0.717, 1.165) is 4.90 Å². The lowest BCUT2D eigenvalue weighted by Crippen LogP contribution is -2.24. The fourth-order valence-corrected chi connectivity index (χ4v) is 4.00. The first-order valence-electron chi connectivity index (χ1n) is 9.78. The summed E-state index contributed by atoms with van der Waals surface area (Å²) in [5, 5.41) is 14.1. The van der Waals surface area contributed by atoms with Gasteiger partial charge in [-0.05, 0) is 30.7 Å². The standard InChI is InChI=1S/C22H25ClN2O6S/c1-4-19(22(29)25-16-11-15(23)17(30-2)12-18(16)31-3)32-14-7-5-6-13(10-14)24-20(26)8-9-21(27)28/h5-7,10-12,19H,4,8-9H2,1-3H3,(H,24,26)(H,25,29)(H,27,28). The SMILES string of the molecule is CCC(Sc1cccc(NC(=O)CCC(=O)O)c1)C(=O)Nc1cc(Cl)c(OC)cc1OC. The van der Waals surface area contributed by atoms with Crippen LogP contribution in [0.3, 0.4) is 0 Å². The second-order valence-electron chi connectivity index (χ2n) is 6.66. The zero-order valence-corrected chi connectivity index (χ0v) is 19.5. The van der Waals surface area contributed by atoms with E-state index in [2.05, 4.69) is 10.6 Å². The Labute approximate surface area is 195 Å². The van der Waals surface area contributed by atoms with E-state index < -0.39 is 11.2 Å². The van der Waals surface area contributed by atoms with Crippen LogP contribution in [0.2, 0.25) is 5.02 Å². The molecule has 0 fully saturated rings. The third-order valence-corrected chi connectivity index (χ3v) is 6.01. The fourth-order valence-electron chi connectivity index (χ4n) is 2.75. The molecule has 0 bridgehead atoms. The van der Waals surface area contributed by atoms with Crippen LogP contribution in [0.15, 0.2) is 41.3 Å². The van der Waals surface area contributed by atoms with Crippen molar-refractivity contribution >= 4 is 52.5 Å². The highest BCUT2D eigenvalue weighted by atomic mass is 35.5. The maximum atomic E-state index is 12.9. The Balaban J connectivity index is 2.09. The van der Waals surface area contributed by atoms with Gasteiger partial charge in [0, 0.05) is 23.1 Å². The van der Waals surface area contributed by atoms with Gasteiger partial charge in [0.2, 0.25) is 11.8 Å². The molecule has 0 aromatic heterocycles. The minimum absolute atomic E-state index is 0.112. The Kier molecular flexibility index (Phi) is 9.67. The number of ether oxygens (including phenoxy) is 2. The number of amides is 2. The van der Waals surface area contributed by atoms with Crippen LogP contribution < -0.4 is 20.1 Å². The normalized spacial score (nSPS) is 11.4. The molecule has 0 aliphatic rings. The molecule has 32 heavy (non-hydrogen) atoms. The molecule has 1 unspecified atom stereocenters. The molecule has 0 radical (unpaired) electrons. The highest BCUT2D eigenvalue weighted by Crippen LogP contribution is 2.37. The summed E-state index contributed by atoms with van der Waals surface area (Å²) in [6, 6.07) is 10.2. The number of hydrogen-bond acceptors (Lipinski definition) is 6. The van der Waals surface area contributed by atoms with Gasteiger partial charge in [-0.1, -0.05) is 24.6 Å². The Morgan fingerprint density at radius 2 is 1.78 bits per heavy atom. The third-order valence-electron chi connectivity index (χ3n) is 4.36. The van der Waals surface area contributed by atoms with Gasteiger partial charge in [-0.2, -0.15) is 0 Å². The molecule has 2 rings (SSSR count). The average molecular weight is 481 g/mol. The number of rotatable bonds is 11. The number of aliphatic carboxylic acids is 1. The summed E-state index contributed by atoms with van der Waals surface area (Å²) >= 11 is 7.52. The summed E-state index contributed by atoms with van der Waals surface area (Å²) in [5.41, 5.74) is 0.964. The van der Waals surface area contributed by atoms with Gasteiger partial charge in [-0.25, -0.2) is 0 Å². The number of carboxylic acid groups (broad SMARTS) is 1. The number of nitrogens with one attached hydrogen (secondary N) is 2. The topological polar surface area (TPSA) is 114 Å². The van der Waals surface area contributed by atoms with E-state index in [4.69, 9.17) is 26.2 Å². The molecule has 8 nitrogen and oxygen atoms in total. The number of methoxy groups -OCH3 is 2. The molecule has 2 aromatic carbocycles. The Morgan fingerprint density at radius 3 is 2.41 bits per heavy atom. The van der Waals surface area contributed by atoms with Crippen LogP contribution in [-0.2, 0) is 14.4 Å². The van der Waals surface area contributed by atoms with E-state index in [1.807, 2.05) is 13.0 Å². The molecule has 0 spiro atoms. The number of thioether (sulfide) groups is 1. The van der Waals surface area contributed by atoms with Crippen molar-refractivity contribution in [1.29, 1.82) is 0 Å². The Morgan fingerprint density at radius 1 is 1.06 bits per heavy atom. The monoisotopic (exact) mass is 480 g/mol.